The Balaban J connectivity index is 1.76. The van der Waals surface area contributed by atoms with Gasteiger partial charge in [-0.15, -0.1) is 11.3 Å². The molecule has 7 heteroatoms. The monoisotopic (exact) mass is 393 g/mol. The fraction of sp³-hybridized carbons (Fsp3) is 0.333. The SMILES string of the molecule is CC(C)CCN(CCC#N)C(=O)c1csc(-c2cnn(-c3ccccc3)c2)n1. The summed E-state index contributed by atoms with van der Waals surface area (Å²) in [5.74, 6) is 0.376. The molecule has 0 N–H and O–H groups in total. The number of carbonyl (C=O) groups excluding carboxylic acids is 1. The van der Waals surface area contributed by atoms with Crippen molar-refractivity contribution in [2.75, 3.05) is 13.1 Å². The van der Waals surface area contributed by atoms with E-state index in [-0.39, 0.29) is 5.91 Å². The Morgan fingerprint density at radius 2 is 2.07 bits per heavy atom. The zero-order valence-corrected chi connectivity index (χ0v) is 16.9. The second-order valence-electron chi connectivity index (χ2n) is 6.93. The van der Waals surface area contributed by atoms with E-state index in [1.807, 2.05) is 36.5 Å². The van der Waals surface area contributed by atoms with Gasteiger partial charge in [0.2, 0.25) is 0 Å². The molecule has 3 rings (SSSR count). The van der Waals surface area contributed by atoms with Crippen LogP contribution in [0, 0.1) is 17.2 Å². The maximum absolute atomic E-state index is 12.9. The standard InChI is InChI=1S/C21H23N5OS/c1-16(2)9-12-25(11-6-10-22)21(27)19-15-28-20(24-19)17-13-23-26(14-17)18-7-4-3-5-8-18/h3-5,7-8,13-16H,6,9,11-12H2,1-2H3. The van der Waals surface area contributed by atoms with Crippen LogP contribution < -0.4 is 0 Å². The third-order valence-electron chi connectivity index (χ3n) is 4.33. The van der Waals surface area contributed by atoms with Gasteiger partial charge in [-0.2, -0.15) is 10.4 Å². The minimum Gasteiger partial charge on any atom is -0.336 e. The third-order valence-corrected chi connectivity index (χ3v) is 5.22. The highest BCUT2D eigenvalue weighted by atomic mass is 32.1. The summed E-state index contributed by atoms with van der Waals surface area (Å²) in [5, 5.41) is 15.8. The average Bonchev–Trinajstić information content (AvgIpc) is 3.38. The van der Waals surface area contributed by atoms with Gasteiger partial charge >= 0.3 is 0 Å². The summed E-state index contributed by atoms with van der Waals surface area (Å²) >= 11 is 1.43. The smallest absolute Gasteiger partial charge is 0.273 e. The summed E-state index contributed by atoms with van der Waals surface area (Å²) in [6.07, 6.45) is 4.89. The zero-order valence-electron chi connectivity index (χ0n) is 16.1. The van der Waals surface area contributed by atoms with E-state index in [2.05, 4.69) is 30.0 Å². The van der Waals surface area contributed by atoms with E-state index < -0.39 is 0 Å². The molecule has 0 spiro atoms. The predicted molar refractivity (Wildman–Crippen MR) is 110 cm³/mol. The molecular formula is C21H23N5OS. The van der Waals surface area contributed by atoms with Crippen molar-refractivity contribution in [3.8, 4) is 22.3 Å². The number of nitriles is 1. The van der Waals surface area contributed by atoms with Crippen LogP contribution in [0.5, 0.6) is 0 Å². The lowest BCUT2D eigenvalue weighted by Gasteiger charge is -2.21. The van der Waals surface area contributed by atoms with Crippen LogP contribution >= 0.6 is 11.3 Å². The van der Waals surface area contributed by atoms with E-state index in [0.29, 0.717) is 31.1 Å². The van der Waals surface area contributed by atoms with Crippen LogP contribution in [0.1, 0.15) is 37.2 Å². The van der Waals surface area contributed by atoms with E-state index in [9.17, 15) is 4.79 Å². The molecule has 28 heavy (non-hydrogen) atoms. The summed E-state index contributed by atoms with van der Waals surface area (Å²) in [5.41, 5.74) is 2.27. The molecule has 1 aromatic carbocycles. The first kappa shape index (κ1) is 19.8. The molecule has 2 heterocycles. The van der Waals surface area contributed by atoms with Crippen molar-refractivity contribution < 1.29 is 4.79 Å². The molecule has 0 unspecified atom stereocenters. The van der Waals surface area contributed by atoms with Crippen molar-refractivity contribution >= 4 is 17.2 Å². The Morgan fingerprint density at radius 3 is 2.79 bits per heavy atom. The first-order chi connectivity index (χ1) is 13.6. The Kier molecular flexibility index (Phi) is 6.56. The number of carbonyl (C=O) groups is 1. The number of benzene rings is 1. The summed E-state index contributed by atoms with van der Waals surface area (Å²) in [6.45, 7) is 5.31. The highest BCUT2D eigenvalue weighted by molar-refractivity contribution is 7.13. The van der Waals surface area contributed by atoms with Crippen molar-refractivity contribution in [2.45, 2.75) is 26.7 Å². The van der Waals surface area contributed by atoms with Crippen molar-refractivity contribution in [1.82, 2.24) is 19.7 Å². The van der Waals surface area contributed by atoms with Crippen LogP contribution in [-0.2, 0) is 0 Å². The number of amides is 1. The first-order valence-corrected chi connectivity index (χ1v) is 10.2. The second-order valence-corrected chi connectivity index (χ2v) is 7.79. The van der Waals surface area contributed by atoms with E-state index in [1.165, 1.54) is 11.3 Å². The molecule has 3 aromatic rings. The summed E-state index contributed by atoms with van der Waals surface area (Å²) in [7, 11) is 0. The Labute approximate surface area is 169 Å². The van der Waals surface area contributed by atoms with E-state index in [0.717, 1.165) is 22.7 Å². The lowest BCUT2D eigenvalue weighted by Crippen LogP contribution is -2.33. The van der Waals surface area contributed by atoms with Gasteiger partial charge in [-0.05, 0) is 24.5 Å². The van der Waals surface area contributed by atoms with Gasteiger partial charge < -0.3 is 4.90 Å². The zero-order chi connectivity index (χ0) is 19.9. The highest BCUT2D eigenvalue weighted by Crippen LogP contribution is 2.25. The van der Waals surface area contributed by atoms with Gasteiger partial charge in [0.15, 0.2) is 0 Å². The van der Waals surface area contributed by atoms with Crippen molar-refractivity contribution in [3.05, 3.63) is 53.8 Å². The summed E-state index contributed by atoms with van der Waals surface area (Å²) in [6, 6.07) is 12.0. The molecule has 0 aliphatic rings. The minimum atomic E-state index is -0.117. The number of rotatable bonds is 8. The van der Waals surface area contributed by atoms with Crippen LogP contribution in [0.25, 0.3) is 16.3 Å². The van der Waals surface area contributed by atoms with E-state index in [1.54, 1.807) is 21.2 Å². The van der Waals surface area contributed by atoms with Crippen molar-refractivity contribution in [2.24, 2.45) is 5.92 Å². The maximum Gasteiger partial charge on any atom is 0.273 e. The lowest BCUT2D eigenvalue weighted by molar-refractivity contribution is 0.0747. The van der Waals surface area contributed by atoms with E-state index >= 15 is 0 Å². The van der Waals surface area contributed by atoms with Gasteiger partial charge in [0, 0.05) is 30.2 Å². The molecule has 0 radical (unpaired) electrons. The topological polar surface area (TPSA) is 74.8 Å². The molecule has 0 aliphatic heterocycles. The first-order valence-electron chi connectivity index (χ1n) is 9.30. The molecule has 0 atom stereocenters. The molecule has 0 aliphatic carbocycles. The molecule has 0 saturated heterocycles. The van der Waals surface area contributed by atoms with Crippen LogP contribution in [0.3, 0.4) is 0 Å². The maximum atomic E-state index is 12.9. The van der Waals surface area contributed by atoms with E-state index in [4.69, 9.17) is 5.26 Å². The minimum absolute atomic E-state index is 0.117. The number of thiazole rings is 1. The second kappa shape index (κ2) is 9.29. The normalized spacial score (nSPS) is 10.8. The largest absolute Gasteiger partial charge is 0.336 e. The fourth-order valence-electron chi connectivity index (χ4n) is 2.74. The summed E-state index contributed by atoms with van der Waals surface area (Å²) < 4.78 is 1.79. The molecule has 0 bridgehead atoms. The van der Waals surface area contributed by atoms with Crippen LogP contribution in [0.15, 0.2) is 48.1 Å². The highest BCUT2D eigenvalue weighted by Gasteiger charge is 2.19. The number of hydrogen-bond acceptors (Lipinski definition) is 5. The Morgan fingerprint density at radius 1 is 1.29 bits per heavy atom. The number of nitrogens with zero attached hydrogens (tertiary/aromatic N) is 5. The number of hydrogen-bond donors (Lipinski definition) is 0. The summed E-state index contributed by atoms with van der Waals surface area (Å²) in [4.78, 5) is 19.1. The fourth-order valence-corrected chi connectivity index (χ4v) is 3.50. The lowest BCUT2D eigenvalue weighted by atomic mass is 10.1. The molecule has 2 aromatic heterocycles. The molecular weight excluding hydrogens is 370 g/mol. The van der Waals surface area contributed by atoms with Crippen molar-refractivity contribution in [3.63, 3.8) is 0 Å². The van der Waals surface area contributed by atoms with Crippen LogP contribution in [0.4, 0.5) is 0 Å². The number of aromatic nitrogens is 3. The Bertz CT molecular complexity index is 955. The van der Waals surface area contributed by atoms with Crippen LogP contribution in [0.2, 0.25) is 0 Å². The molecule has 0 fully saturated rings. The molecule has 1 amide bonds. The molecule has 6 nitrogen and oxygen atoms in total. The van der Waals surface area contributed by atoms with Gasteiger partial charge in [0.05, 0.1) is 24.4 Å². The number of para-hydroxylation sites is 1. The van der Waals surface area contributed by atoms with Gasteiger partial charge in [-0.3, -0.25) is 4.79 Å². The predicted octanol–water partition coefficient (Wildman–Crippen LogP) is 4.40. The molecule has 0 saturated carbocycles. The van der Waals surface area contributed by atoms with Gasteiger partial charge in [0.1, 0.15) is 10.7 Å². The van der Waals surface area contributed by atoms with Gasteiger partial charge in [0.25, 0.3) is 5.91 Å². The Hall–Kier alpha value is -2.98. The van der Waals surface area contributed by atoms with Crippen LogP contribution in [-0.4, -0.2) is 38.7 Å². The van der Waals surface area contributed by atoms with Gasteiger partial charge in [-0.25, -0.2) is 9.67 Å². The quantitative estimate of drug-likeness (QED) is 0.568. The third kappa shape index (κ3) is 4.84. The van der Waals surface area contributed by atoms with Crippen molar-refractivity contribution in [1.29, 1.82) is 5.26 Å². The molecule has 144 valence electrons. The van der Waals surface area contributed by atoms with Gasteiger partial charge in [-0.1, -0.05) is 32.0 Å². The average molecular weight is 394 g/mol.